The van der Waals surface area contributed by atoms with Gasteiger partial charge in [-0.2, -0.15) is 0 Å². The van der Waals surface area contributed by atoms with Gasteiger partial charge in [0.1, 0.15) is 0 Å². The van der Waals surface area contributed by atoms with Gasteiger partial charge in [-0.3, -0.25) is 0 Å². The van der Waals surface area contributed by atoms with Crippen molar-refractivity contribution < 1.29 is 9.13 Å². The van der Waals surface area contributed by atoms with Crippen molar-refractivity contribution in [2.45, 2.75) is 25.3 Å². The summed E-state index contributed by atoms with van der Waals surface area (Å²) in [4.78, 5) is 12.8. The van der Waals surface area contributed by atoms with E-state index in [0.717, 1.165) is 39.1 Å². The van der Waals surface area contributed by atoms with Crippen LogP contribution in [0.25, 0.3) is 0 Å². The van der Waals surface area contributed by atoms with Crippen molar-refractivity contribution in [1.29, 1.82) is 0 Å². The molecule has 0 bridgehead atoms. The van der Waals surface area contributed by atoms with E-state index >= 15 is 0 Å². The molecule has 0 unspecified atom stereocenters. The number of hydrogen-bond donors (Lipinski definition) is 0. The van der Waals surface area contributed by atoms with Crippen LogP contribution in [0.4, 0.5) is 10.3 Å². The number of ether oxygens (including phenoxy) is 1. The van der Waals surface area contributed by atoms with E-state index in [-0.39, 0.29) is 5.82 Å². The minimum Gasteiger partial charge on any atom is -0.383 e. The number of nitrogens with zero attached hydrogens (tertiary/aromatic N) is 4. The lowest BCUT2D eigenvalue weighted by molar-refractivity contribution is 0.129. The molecule has 2 aliphatic heterocycles. The van der Waals surface area contributed by atoms with E-state index < -0.39 is 0 Å². The van der Waals surface area contributed by atoms with Crippen molar-refractivity contribution in [2.75, 3.05) is 45.3 Å². The van der Waals surface area contributed by atoms with E-state index in [2.05, 4.69) is 26.8 Å². The second-order valence-corrected chi connectivity index (χ2v) is 6.42. The van der Waals surface area contributed by atoms with E-state index in [9.17, 15) is 4.39 Å². The molecule has 2 aliphatic rings. The molecule has 5 nitrogen and oxygen atoms in total. The van der Waals surface area contributed by atoms with Gasteiger partial charge < -0.3 is 14.5 Å². The van der Waals surface area contributed by atoms with E-state index in [0.29, 0.717) is 17.4 Å². The van der Waals surface area contributed by atoms with Gasteiger partial charge in [-0.05, 0) is 31.7 Å². The largest absolute Gasteiger partial charge is 0.383 e. The molecule has 3 rings (SSSR count). The quantitative estimate of drug-likeness (QED) is 0.846. The highest BCUT2D eigenvalue weighted by Gasteiger charge is 2.44. The molecule has 1 aromatic heterocycles. The van der Waals surface area contributed by atoms with Crippen LogP contribution in [-0.2, 0) is 4.74 Å². The van der Waals surface area contributed by atoms with Crippen LogP contribution in [0.15, 0.2) is 12.4 Å². The first-order chi connectivity index (χ1) is 10.1. The topological polar surface area (TPSA) is 41.5 Å². The Kier molecular flexibility index (Phi) is 4.08. The third-order valence-electron chi connectivity index (χ3n) is 4.95. The highest BCUT2D eigenvalue weighted by atomic mass is 19.1. The molecule has 0 N–H and O–H groups in total. The zero-order valence-corrected chi connectivity index (χ0v) is 12.8. The summed E-state index contributed by atoms with van der Waals surface area (Å²) in [6.07, 6.45) is 5.96. The molecule has 6 heteroatoms. The van der Waals surface area contributed by atoms with Gasteiger partial charge in [0, 0.05) is 32.8 Å². The van der Waals surface area contributed by atoms with Gasteiger partial charge in [0.15, 0.2) is 5.82 Å². The third kappa shape index (κ3) is 3.01. The Labute approximate surface area is 125 Å². The summed E-state index contributed by atoms with van der Waals surface area (Å²) in [5, 5.41) is 0. The van der Waals surface area contributed by atoms with E-state index in [4.69, 9.17) is 4.74 Å². The van der Waals surface area contributed by atoms with Crippen molar-refractivity contribution in [2.24, 2.45) is 5.41 Å². The van der Waals surface area contributed by atoms with Crippen LogP contribution in [0.2, 0.25) is 0 Å². The maximum absolute atomic E-state index is 12.9. The maximum Gasteiger partial charge on any atom is 0.225 e. The predicted octanol–water partition coefficient (Wildman–Crippen LogP) is 1.55. The number of rotatable bonds is 3. The lowest BCUT2D eigenvalue weighted by Crippen LogP contribution is -2.42. The van der Waals surface area contributed by atoms with E-state index in [1.165, 1.54) is 18.8 Å². The second-order valence-electron chi connectivity index (χ2n) is 6.42. The van der Waals surface area contributed by atoms with Crippen LogP contribution < -0.4 is 4.90 Å². The molecule has 0 radical (unpaired) electrons. The number of halogens is 1. The fourth-order valence-electron chi connectivity index (χ4n) is 3.77. The molecule has 2 saturated heterocycles. The average Bonchev–Trinajstić information content (AvgIpc) is 2.77. The van der Waals surface area contributed by atoms with Gasteiger partial charge in [-0.1, -0.05) is 0 Å². The molecule has 1 aromatic rings. The zero-order chi connectivity index (χ0) is 14.9. The van der Waals surface area contributed by atoms with Gasteiger partial charge in [0.2, 0.25) is 5.95 Å². The van der Waals surface area contributed by atoms with E-state index in [1.807, 2.05) is 0 Å². The number of aromatic nitrogens is 2. The average molecular weight is 294 g/mol. The molecule has 2 fully saturated rings. The Bertz CT molecular complexity index is 473. The smallest absolute Gasteiger partial charge is 0.225 e. The molecule has 3 heterocycles. The summed E-state index contributed by atoms with van der Waals surface area (Å²) >= 11 is 0. The van der Waals surface area contributed by atoms with Crippen molar-refractivity contribution >= 4 is 5.95 Å². The molecule has 0 aromatic carbocycles. The summed E-state index contributed by atoms with van der Waals surface area (Å²) in [6.45, 7) is 3.83. The molecule has 1 atom stereocenters. The Morgan fingerprint density at radius 2 is 2.00 bits per heavy atom. The number of hydrogen-bond acceptors (Lipinski definition) is 5. The van der Waals surface area contributed by atoms with Gasteiger partial charge in [-0.25, -0.2) is 14.4 Å². The van der Waals surface area contributed by atoms with Crippen molar-refractivity contribution in [3.8, 4) is 0 Å². The molecule has 0 aliphatic carbocycles. The van der Waals surface area contributed by atoms with Crippen molar-refractivity contribution in [3.63, 3.8) is 0 Å². The maximum atomic E-state index is 12.9. The number of likely N-dealkylation sites (N-methyl/N-ethyl adjacent to an activating group) is 1. The van der Waals surface area contributed by atoms with Crippen LogP contribution in [0.5, 0.6) is 0 Å². The van der Waals surface area contributed by atoms with Crippen LogP contribution >= 0.6 is 0 Å². The second kappa shape index (κ2) is 5.85. The summed E-state index contributed by atoms with van der Waals surface area (Å²) in [5.41, 5.74) is 0.397. The van der Waals surface area contributed by atoms with Crippen LogP contribution in [0.1, 0.15) is 19.3 Å². The highest BCUT2D eigenvalue weighted by molar-refractivity contribution is 5.30. The van der Waals surface area contributed by atoms with Crippen molar-refractivity contribution in [3.05, 3.63) is 18.2 Å². The normalized spacial score (nSPS) is 25.7. The highest BCUT2D eigenvalue weighted by Crippen LogP contribution is 2.43. The predicted molar refractivity (Wildman–Crippen MR) is 78.8 cm³/mol. The monoisotopic (exact) mass is 294 g/mol. The first-order valence-corrected chi connectivity index (χ1v) is 7.54. The molecule has 0 saturated carbocycles. The Hall–Kier alpha value is -1.27. The summed E-state index contributed by atoms with van der Waals surface area (Å²) in [6, 6.07) is 0.531. The van der Waals surface area contributed by atoms with Crippen molar-refractivity contribution in [1.82, 2.24) is 14.9 Å². The zero-order valence-electron chi connectivity index (χ0n) is 12.8. The Balaban J connectivity index is 1.61. The van der Waals surface area contributed by atoms with Crippen LogP contribution in [0.3, 0.4) is 0 Å². The Morgan fingerprint density at radius 3 is 2.62 bits per heavy atom. The van der Waals surface area contributed by atoms with Gasteiger partial charge >= 0.3 is 0 Å². The summed E-state index contributed by atoms with van der Waals surface area (Å²) in [5.74, 6) is 0.262. The SMILES string of the molecule is COC[C@H]1CC2(CCN(c3ncc(F)cn3)CC2)CN1C. The molecule has 0 amide bonds. The molecule has 21 heavy (non-hydrogen) atoms. The molecular weight excluding hydrogens is 271 g/mol. The first-order valence-electron chi connectivity index (χ1n) is 7.54. The molecule has 1 spiro atoms. The number of methoxy groups -OCH3 is 1. The standard InChI is InChI=1S/C15H23FN4O/c1-19-11-15(7-13(19)10-21-2)3-5-20(6-4-15)14-17-8-12(16)9-18-14/h8-9,13H,3-7,10-11H2,1-2H3/t13-/m1/s1. The van der Waals surface area contributed by atoms with Gasteiger partial charge in [0.05, 0.1) is 19.0 Å². The van der Waals surface area contributed by atoms with E-state index in [1.54, 1.807) is 7.11 Å². The summed E-state index contributed by atoms with van der Waals surface area (Å²) in [7, 11) is 3.96. The number of likely N-dealkylation sites (tertiary alicyclic amines) is 1. The first kappa shape index (κ1) is 14.7. The van der Waals surface area contributed by atoms with Gasteiger partial charge in [0.25, 0.3) is 0 Å². The lowest BCUT2D eigenvalue weighted by Gasteiger charge is -2.39. The summed E-state index contributed by atoms with van der Waals surface area (Å²) < 4.78 is 18.2. The number of piperidine rings is 1. The number of anilines is 1. The minimum absolute atomic E-state index is 0.382. The fraction of sp³-hybridized carbons (Fsp3) is 0.733. The molecule has 116 valence electrons. The van der Waals surface area contributed by atoms with Crippen LogP contribution in [0, 0.1) is 11.2 Å². The van der Waals surface area contributed by atoms with Gasteiger partial charge in [-0.15, -0.1) is 0 Å². The lowest BCUT2D eigenvalue weighted by atomic mass is 9.76. The van der Waals surface area contributed by atoms with Crippen LogP contribution in [-0.4, -0.2) is 61.3 Å². The third-order valence-corrected chi connectivity index (χ3v) is 4.95. The molecular formula is C15H23FN4O. The fourth-order valence-corrected chi connectivity index (χ4v) is 3.77. The Morgan fingerprint density at radius 1 is 1.33 bits per heavy atom. The minimum atomic E-state index is -0.382.